The fourth-order valence-corrected chi connectivity index (χ4v) is 5.74. The summed E-state index contributed by atoms with van der Waals surface area (Å²) in [6.07, 6.45) is 4.90. The molecule has 1 aromatic carbocycles. The second kappa shape index (κ2) is 10.2. The molecule has 1 unspecified atom stereocenters. The van der Waals surface area contributed by atoms with Gasteiger partial charge in [0.1, 0.15) is 0 Å². The van der Waals surface area contributed by atoms with Crippen molar-refractivity contribution in [2.45, 2.75) is 10.3 Å². The van der Waals surface area contributed by atoms with Crippen molar-refractivity contribution >= 4 is 34.5 Å². The molecule has 0 aliphatic rings. The van der Waals surface area contributed by atoms with E-state index in [1.807, 2.05) is 18.2 Å². The van der Waals surface area contributed by atoms with Gasteiger partial charge in [-0.15, -0.1) is 0 Å². The Kier molecular flexibility index (Phi) is 8.24. The van der Waals surface area contributed by atoms with Crippen LogP contribution in [-0.4, -0.2) is 30.6 Å². The summed E-state index contributed by atoms with van der Waals surface area (Å²) in [6.45, 7) is 1.01. The number of hydrogen-bond donors (Lipinski definition) is 2. The summed E-state index contributed by atoms with van der Waals surface area (Å²) in [5, 5.41) is 6.45. The molecule has 0 saturated carbocycles. The maximum absolute atomic E-state index is 4.60. The number of nitrogens with zero attached hydrogens (tertiary/aromatic N) is 2. The Morgan fingerprint density at radius 1 is 1.22 bits per heavy atom. The molecule has 1 heterocycles. The van der Waals surface area contributed by atoms with Crippen LogP contribution in [0.15, 0.2) is 40.7 Å². The van der Waals surface area contributed by atoms with Gasteiger partial charge < -0.3 is 0 Å². The number of halogens is 2. The summed E-state index contributed by atoms with van der Waals surface area (Å²) in [5.41, 5.74) is 2.53. The van der Waals surface area contributed by atoms with E-state index in [1.165, 1.54) is 9.26 Å². The molecule has 2 N–H and O–H groups in total. The van der Waals surface area contributed by atoms with Gasteiger partial charge in [-0.3, -0.25) is 0 Å². The molecule has 23 heavy (non-hydrogen) atoms. The molecule has 0 radical (unpaired) electrons. The fourth-order valence-electron chi connectivity index (χ4n) is 2.21. The van der Waals surface area contributed by atoms with Crippen LogP contribution in [0.4, 0.5) is 5.82 Å². The Hall–Kier alpha value is -0.740. The quantitative estimate of drug-likeness (QED) is 0.295. The number of hydrogen-bond acceptors (Lipinski definition) is 4. The zero-order valence-corrected chi connectivity index (χ0v) is 17.6. The second-order valence-electron chi connectivity index (χ2n) is 4.85. The monoisotopic (exact) mass is 535 g/mol. The minimum atomic E-state index is -0.273. The third kappa shape index (κ3) is 5.39. The number of rotatable bonds is 8. The van der Waals surface area contributed by atoms with E-state index in [4.69, 9.17) is 0 Å². The SMILES string of the molecule is CNCCC([I-]c1ncnc(NC)c1/C=C\I)c1ccccc1. The molecule has 0 spiro atoms. The Bertz CT molecular complexity index is 632. The van der Waals surface area contributed by atoms with Crippen LogP contribution < -0.4 is 31.8 Å². The fraction of sp³-hybridized carbons (Fsp3) is 0.294. The molecule has 0 aliphatic carbocycles. The summed E-state index contributed by atoms with van der Waals surface area (Å²) < 4.78 is 3.76. The Balaban J connectivity index is 2.32. The van der Waals surface area contributed by atoms with Crippen molar-refractivity contribution in [3.05, 3.63) is 55.6 Å². The van der Waals surface area contributed by atoms with Gasteiger partial charge in [-0.25, -0.2) is 0 Å². The number of aromatic nitrogens is 2. The Morgan fingerprint density at radius 3 is 2.65 bits per heavy atom. The van der Waals surface area contributed by atoms with E-state index in [9.17, 15) is 0 Å². The van der Waals surface area contributed by atoms with Gasteiger partial charge in [-0.2, -0.15) is 0 Å². The zero-order valence-electron chi connectivity index (χ0n) is 13.3. The third-order valence-corrected chi connectivity index (χ3v) is 7.25. The van der Waals surface area contributed by atoms with Crippen molar-refractivity contribution in [2.24, 2.45) is 0 Å². The first kappa shape index (κ1) is 18.6. The van der Waals surface area contributed by atoms with Gasteiger partial charge in [0.05, 0.1) is 0 Å². The van der Waals surface area contributed by atoms with E-state index in [-0.39, 0.29) is 21.2 Å². The van der Waals surface area contributed by atoms with E-state index >= 15 is 0 Å². The van der Waals surface area contributed by atoms with Crippen molar-refractivity contribution in [3.8, 4) is 0 Å². The normalized spacial score (nSPS) is 12.7. The van der Waals surface area contributed by atoms with Crippen molar-refractivity contribution in [2.75, 3.05) is 26.0 Å². The molecular weight excluding hydrogens is 514 g/mol. The van der Waals surface area contributed by atoms with Crippen LogP contribution in [0, 0.1) is 3.70 Å². The van der Waals surface area contributed by atoms with Gasteiger partial charge >= 0.3 is 163 Å². The number of nitrogens with one attached hydrogen (secondary N) is 2. The van der Waals surface area contributed by atoms with Crippen LogP contribution >= 0.6 is 22.6 Å². The molecule has 6 heteroatoms. The summed E-state index contributed by atoms with van der Waals surface area (Å²) in [7, 11) is 3.92. The molecule has 2 rings (SSSR count). The van der Waals surface area contributed by atoms with Gasteiger partial charge in [0, 0.05) is 0 Å². The standard InChI is InChI=1S/C17H21I2N4/c1-20-11-9-15(13-6-4-3-5-7-13)19-16-14(8-10-18)17(21-2)23-12-22-16/h3-8,10,12,15,20H,9,11H2,1-2H3,(H,21,22,23)/q-1/b10-8-. The molecule has 0 saturated heterocycles. The number of alkyl halides is 1. The second-order valence-corrected chi connectivity index (χ2v) is 8.72. The Labute approximate surface area is 162 Å². The summed E-state index contributed by atoms with van der Waals surface area (Å²) in [4.78, 5) is 8.95. The molecule has 0 aliphatic heterocycles. The molecule has 0 fully saturated rings. The van der Waals surface area contributed by atoms with Crippen LogP contribution in [0.1, 0.15) is 21.5 Å². The first-order valence-corrected chi connectivity index (χ1v) is 11.0. The average Bonchev–Trinajstić information content (AvgIpc) is 2.60. The average molecular weight is 535 g/mol. The van der Waals surface area contributed by atoms with E-state index in [1.54, 1.807) is 6.33 Å². The molecule has 1 aromatic heterocycles. The summed E-state index contributed by atoms with van der Waals surface area (Å²) in [6, 6.07) is 10.8. The van der Waals surface area contributed by atoms with Gasteiger partial charge in [0.2, 0.25) is 0 Å². The number of anilines is 1. The van der Waals surface area contributed by atoms with Crippen molar-refractivity contribution in [1.29, 1.82) is 0 Å². The van der Waals surface area contributed by atoms with Crippen LogP contribution in [0.2, 0.25) is 0 Å². The summed E-state index contributed by atoms with van der Waals surface area (Å²) >= 11 is 1.97. The van der Waals surface area contributed by atoms with E-state index < -0.39 is 0 Å². The predicted octanol–water partition coefficient (Wildman–Crippen LogP) is 0.533. The van der Waals surface area contributed by atoms with Crippen LogP contribution in [0.3, 0.4) is 0 Å². The van der Waals surface area contributed by atoms with Crippen molar-refractivity contribution in [3.63, 3.8) is 0 Å². The van der Waals surface area contributed by atoms with Gasteiger partial charge in [-0.05, 0) is 0 Å². The molecule has 4 nitrogen and oxygen atoms in total. The molecule has 124 valence electrons. The third-order valence-electron chi connectivity index (χ3n) is 3.35. The van der Waals surface area contributed by atoms with Gasteiger partial charge in [-0.1, -0.05) is 0 Å². The van der Waals surface area contributed by atoms with Gasteiger partial charge in [0.15, 0.2) is 0 Å². The topological polar surface area (TPSA) is 49.8 Å². The molecule has 0 amide bonds. The minimum absolute atomic E-state index is 0.273. The number of benzene rings is 1. The molecule has 2 aromatic rings. The first-order chi connectivity index (χ1) is 11.3. The van der Waals surface area contributed by atoms with Crippen LogP contribution in [-0.2, 0) is 0 Å². The van der Waals surface area contributed by atoms with Crippen LogP contribution in [0.5, 0.6) is 0 Å². The molecule has 0 bridgehead atoms. The van der Waals surface area contributed by atoms with E-state index in [0.717, 1.165) is 24.3 Å². The van der Waals surface area contributed by atoms with Crippen molar-refractivity contribution < 1.29 is 21.2 Å². The molecular formula is C17H21I2N4-. The predicted molar refractivity (Wildman–Crippen MR) is 101 cm³/mol. The summed E-state index contributed by atoms with van der Waals surface area (Å²) in [5.74, 6) is 0.906. The van der Waals surface area contributed by atoms with E-state index in [2.05, 4.69) is 79.6 Å². The van der Waals surface area contributed by atoms with Gasteiger partial charge in [0.25, 0.3) is 0 Å². The maximum atomic E-state index is 4.60. The van der Waals surface area contributed by atoms with Crippen molar-refractivity contribution in [1.82, 2.24) is 15.3 Å². The van der Waals surface area contributed by atoms with Crippen LogP contribution in [0.25, 0.3) is 6.08 Å². The zero-order chi connectivity index (χ0) is 16.5. The Morgan fingerprint density at radius 2 is 2.00 bits per heavy atom. The van der Waals surface area contributed by atoms with E-state index in [0.29, 0.717) is 3.92 Å². The first-order valence-electron chi connectivity index (χ1n) is 7.42. The molecule has 1 atom stereocenters.